The third-order valence-electron chi connectivity index (χ3n) is 13.8. The highest BCUT2D eigenvalue weighted by Gasteiger charge is 2.57. The lowest BCUT2D eigenvalue weighted by Crippen LogP contribution is -2.35. The summed E-state index contributed by atoms with van der Waals surface area (Å²) in [4.78, 5) is 40.0. The second-order valence-electron chi connectivity index (χ2n) is 17.5. The van der Waals surface area contributed by atoms with Crippen molar-refractivity contribution in [2.45, 2.75) is 90.8 Å². The summed E-state index contributed by atoms with van der Waals surface area (Å²) < 4.78 is 16.0. The Bertz CT molecular complexity index is 2480. The molecule has 1 unspecified atom stereocenters. The first-order valence-electron chi connectivity index (χ1n) is 21.1. The fraction of sp³-hybridized carbons (Fsp3) is 0.396. The van der Waals surface area contributed by atoms with Crippen molar-refractivity contribution < 1.29 is 19.1 Å². The zero-order valence-electron chi connectivity index (χ0n) is 33.9. The molecule has 0 radical (unpaired) electrons. The van der Waals surface area contributed by atoms with Crippen molar-refractivity contribution in [2.75, 3.05) is 25.0 Å². The maximum atomic E-state index is 16.0. The van der Waals surface area contributed by atoms with E-state index in [1.54, 1.807) is 12.3 Å². The number of fused-ring (bicyclic) bond motifs is 4. The number of carbonyl (C=O) groups excluding carboxylic acids is 1. The Morgan fingerprint density at radius 2 is 1.80 bits per heavy atom. The highest BCUT2D eigenvalue weighted by atomic mass is 19.1. The Morgan fingerprint density at radius 1 is 0.983 bits per heavy atom. The van der Waals surface area contributed by atoms with Crippen molar-refractivity contribution in [1.29, 1.82) is 0 Å². The molecule has 2 aliphatic carbocycles. The molecule has 4 aliphatic rings. The molecule has 59 heavy (non-hydrogen) atoms. The first kappa shape index (κ1) is 39.0. The minimum atomic E-state index is -0.605. The summed E-state index contributed by atoms with van der Waals surface area (Å²) in [5, 5.41) is 20.8. The molecule has 2 aliphatic heterocycles. The summed E-state index contributed by atoms with van der Waals surface area (Å²) in [5.41, 5.74) is 9.96. The fourth-order valence-electron chi connectivity index (χ4n) is 10.2. The number of aromatic nitrogens is 3. The molecule has 2 bridgehead atoms. The van der Waals surface area contributed by atoms with Crippen molar-refractivity contribution in [3.63, 3.8) is 0 Å². The van der Waals surface area contributed by atoms with E-state index in [4.69, 9.17) is 4.98 Å². The number of nitrogens with one attached hydrogen (secondary N) is 3. The monoisotopic (exact) mass is 793 g/mol. The first-order valence-corrected chi connectivity index (χ1v) is 21.1. The van der Waals surface area contributed by atoms with Gasteiger partial charge in [-0.3, -0.25) is 24.5 Å². The summed E-state index contributed by atoms with van der Waals surface area (Å²) in [6.45, 7) is 8.16. The standard InChI is InChI=1S/C48H52FN7O3/c1-30-33(22-40(49)42-23-34-12-19-56(28-36(34)26-52-42)20-17-47-13-15-48(29-47,16-14-47)46(58)59)5-3-6-38(30)39-7-4-8-41(31(39)2)55-45-44-35(11-18-51-45)21-32(25-53-44)24-50-27-37-9-10-43(57)54-37/h3-8,11,18,21-23,25-26,37,50H,9-10,12-17,19-20,24,27-29H2,1-2H3,(H,51,55)(H,54,57)(H,58,59). The van der Waals surface area contributed by atoms with E-state index in [1.807, 2.05) is 55.7 Å². The Morgan fingerprint density at radius 3 is 2.58 bits per heavy atom. The van der Waals surface area contributed by atoms with Crippen LogP contribution in [0.5, 0.6) is 0 Å². The minimum absolute atomic E-state index is 0.120. The Hall–Kier alpha value is -5.52. The molecule has 4 N–H and O–H groups in total. The van der Waals surface area contributed by atoms with E-state index in [0.29, 0.717) is 24.5 Å². The number of halogens is 1. The van der Waals surface area contributed by atoms with Gasteiger partial charge in [0, 0.05) is 68.3 Å². The summed E-state index contributed by atoms with van der Waals surface area (Å²) in [6, 6.07) is 18.3. The van der Waals surface area contributed by atoms with Crippen LogP contribution in [0.4, 0.5) is 15.9 Å². The summed E-state index contributed by atoms with van der Waals surface area (Å²) in [7, 11) is 0. The zero-order valence-corrected chi connectivity index (χ0v) is 33.9. The maximum Gasteiger partial charge on any atom is 0.309 e. The number of hydrogen-bond acceptors (Lipinski definition) is 8. The predicted octanol–water partition coefficient (Wildman–Crippen LogP) is 8.67. The quantitative estimate of drug-likeness (QED) is 0.0925. The molecule has 5 aromatic rings. The normalized spacial score (nSPS) is 22.8. The van der Waals surface area contributed by atoms with Crippen molar-refractivity contribution in [2.24, 2.45) is 10.8 Å². The second-order valence-corrected chi connectivity index (χ2v) is 17.5. The molecule has 9 rings (SSSR count). The molecular formula is C48H52FN7O3. The Labute approximate surface area is 344 Å². The molecule has 10 nitrogen and oxygen atoms in total. The van der Waals surface area contributed by atoms with E-state index in [1.165, 1.54) is 0 Å². The topological polar surface area (TPSA) is 132 Å². The molecule has 2 aromatic carbocycles. The number of anilines is 2. The largest absolute Gasteiger partial charge is 0.481 e. The van der Waals surface area contributed by atoms with Gasteiger partial charge in [0.15, 0.2) is 5.82 Å². The molecule has 1 amide bonds. The molecule has 1 atom stereocenters. The number of hydrogen-bond donors (Lipinski definition) is 4. The Balaban J connectivity index is 0.866. The van der Waals surface area contributed by atoms with Gasteiger partial charge in [0.1, 0.15) is 11.3 Å². The third kappa shape index (κ3) is 7.85. The number of pyridine rings is 3. The van der Waals surface area contributed by atoms with Gasteiger partial charge in [-0.15, -0.1) is 0 Å². The molecule has 3 fully saturated rings. The van der Waals surface area contributed by atoms with Crippen LogP contribution in [0.1, 0.15) is 90.4 Å². The van der Waals surface area contributed by atoms with Gasteiger partial charge in [0.2, 0.25) is 5.91 Å². The van der Waals surface area contributed by atoms with Crippen LogP contribution in [-0.2, 0) is 29.1 Å². The predicted molar refractivity (Wildman–Crippen MR) is 229 cm³/mol. The smallest absolute Gasteiger partial charge is 0.309 e. The highest BCUT2D eigenvalue weighted by Crippen LogP contribution is 2.63. The van der Waals surface area contributed by atoms with E-state index < -0.39 is 11.4 Å². The fourth-order valence-corrected chi connectivity index (χ4v) is 10.2. The van der Waals surface area contributed by atoms with Gasteiger partial charge in [-0.2, -0.15) is 0 Å². The molecule has 1 saturated heterocycles. The SMILES string of the molecule is Cc1c(C=C(F)c2cc3c(cn2)CN(CCC24CCC(C(=O)O)(CC2)C4)CC3)cccc1-c1cccc(Nc2nccc3cc(CNCC4CCC(=O)N4)cnc23)c1C. The van der Waals surface area contributed by atoms with Gasteiger partial charge in [0.25, 0.3) is 0 Å². The summed E-state index contributed by atoms with van der Waals surface area (Å²) >= 11 is 0. The maximum absolute atomic E-state index is 16.0. The molecule has 304 valence electrons. The number of benzene rings is 2. The van der Waals surface area contributed by atoms with Crippen molar-refractivity contribution in [3.05, 3.63) is 112 Å². The van der Waals surface area contributed by atoms with E-state index in [0.717, 1.165) is 139 Å². The molecule has 2 saturated carbocycles. The molecule has 5 heterocycles. The van der Waals surface area contributed by atoms with Gasteiger partial charge < -0.3 is 21.1 Å². The number of aliphatic carboxylic acids is 1. The lowest BCUT2D eigenvalue weighted by Gasteiger charge is -2.33. The number of carbonyl (C=O) groups is 2. The van der Waals surface area contributed by atoms with Crippen LogP contribution in [0.2, 0.25) is 0 Å². The number of carboxylic acids is 1. The van der Waals surface area contributed by atoms with Crippen LogP contribution in [0.3, 0.4) is 0 Å². The lowest BCUT2D eigenvalue weighted by atomic mass is 9.80. The van der Waals surface area contributed by atoms with Gasteiger partial charge in [-0.25, -0.2) is 9.37 Å². The number of amides is 1. The number of rotatable bonds is 13. The van der Waals surface area contributed by atoms with Gasteiger partial charge >= 0.3 is 5.97 Å². The van der Waals surface area contributed by atoms with Gasteiger partial charge in [-0.1, -0.05) is 30.3 Å². The Kier molecular flexibility index (Phi) is 10.5. The van der Waals surface area contributed by atoms with Crippen LogP contribution < -0.4 is 16.0 Å². The van der Waals surface area contributed by atoms with Crippen molar-refractivity contribution in [3.8, 4) is 11.1 Å². The van der Waals surface area contributed by atoms with E-state index in [9.17, 15) is 14.7 Å². The number of nitrogens with zero attached hydrogens (tertiary/aromatic N) is 4. The molecule has 0 spiro atoms. The highest BCUT2D eigenvalue weighted by molar-refractivity contribution is 5.91. The second kappa shape index (κ2) is 15.9. The van der Waals surface area contributed by atoms with E-state index >= 15 is 4.39 Å². The first-order chi connectivity index (χ1) is 28.6. The summed E-state index contributed by atoms with van der Waals surface area (Å²) in [6.07, 6.45) is 15.0. The third-order valence-corrected chi connectivity index (χ3v) is 13.8. The van der Waals surface area contributed by atoms with Gasteiger partial charge in [-0.05, 0) is 152 Å². The van der Waals surface area contributed by atoms with E-state index in [-0.39, 0.29) is 23.2 Å². The average Bonchev–Trinajstić information content (AvgIpc) is 3.96. The molecule has 3 aromatic heterocycles. The van der Waals surface area contributed by atoms with Crippen molar-refractivity contribution in [1.82, 2.24) is 30.5 Å². The summed E-state index contributed by atoms with van der Waals surface area (Å²) in [5.74, 6) is -0.175. The molecular weight excluding hydrogens is 742 g/mol. The van der Waals surface area contributed by atoms with Crippen LogP contribution in [0.25, 0.3) is 33.9 Å². The van der Waals surface area contributed by atoms with Crippen LogP contribution in [0.15, 0.2) is 73.2 Å². The van der Waals surface area contributed by atoms with Crippen molar-refractivity contribution >= 4 is 46.2 Å². The van der Waals surface area contributed by atoms with Gasteiger partial charge in [0.05, 0.1) is 11.1 Å². The zero-order chi connectivity index (χ0) is 40.7. The van der Waals surface area contributed by atoms with E-state index in [2.05, 4.69) is 55.9 Å². The lowest BCUT2D eigenvalue weighted by molar-refractivity contribution is -0.148. The average molecular weight is 794 g/mol. The van der Waals surface area contributed by atoms with Crippen LogP contribution >= 0.6 is 0 Å². The molecule has 11 heteroatoms. The minimum Gasteiger partial charge on any atom is -0.481 e. The van der Waals surface area contributed by atoms with Crippen LogP contribution in [0, 0.1) is 24.7 Å². The van der Waals surface area contributed by atoms with Crippen LogP contribution in [-0.4, -0.2) is 62.5 Å². The number of carboxylic acid groups (broad SMARTS) is 1.